The minimum Gasteiger partial charge on any atom is -0.311 e. The van der Waals surface area contributed by atoms with E-state index in [1.165, 1.54) is 55.0 Å². The average molecular weight is 588 g/mol. The summed E-state index contributed by atoms with van der Waals surface area (Å²) in [4.78, 5) is 6.48. The van der Waals surface area contributed by atoms with Gasteiger partial charge in [0.25, 0.3) is 0 Å². The van der Waals surface area contributed by atoms with Crippen molar-refractivity contribution in [2.45, 2.75) is 0 Å². The maximum absolute atomic E-state index is 4.17. The highest BCUT2D eigenvalue weighted by atomic mass is 15.1. The van der Waals surface area contributed by atoms with E-state index < -0.39 is 0 Å². The van der Waals surface area contributed by atoms with Crippen LogP contribution in [-0.2, 0) is 0 Å². The molecule has 2 heterocycles. The van der Waals surface area contributed by atoms with Crippen molar-refractivity contribution in [3.8, 4) is 27.9 Å². The molecular weight excluding hydrogens is 558 g/mol. The van der Waals surface area contributed by atoms with Gasteiger partial charge in [0.1, 0.15) is 0 Å². The summed E-state index contributed by atoms with van der Waals surface area (Å²) in [5.74, 6) is 0. The average Bonchev–Trinajstić information content (AvgIpc) is 3.48. The molecule has 0 bridgehead atoms. The lowest BCUT2D eigenvalue weighted by Gasteiger charge is -2.26. The molecule has 0 fully saturated rings. The van der Waals surface area contributed by atoms with E-state index in [2.05, 4.69) is 166 Å². The Morgan fingerprint density at radius 1 is 0.413 bits per heavy atom. The molecule has 0 N–H and O–H groups in total. The number of nitrogens with zero attached hydrogens (tertiary/aromatic N) is 3. The SMILES string of the molecule is c1ccc(N(c2ccc(-c3ccncc3)cc2)c2ccc(-c3ccc4c5c3ccc3cccc(c35)n4-c3ccccc3)cc2)cc1. The summed E-state index contributed by atoms with van der Waals surface area (Å²) in [6, 6.07) is 58.8. The second-order valence-electron chi connectivity index (χ2n) is 11.7. The molecular formula is C43H29N3. The molecule has 2 aromatic heterocycles. The molecule has 0 saturated carbocycles. The summed E-state index contributed by atoms with van der Waals surface area (Å²) in [6.07, 6.45) is 3.67. The molecule has 0 aliphatic rings. The van der Waals surface area contributed by atoms with Gasteiger partial charge in [0.2, 0.25) is 0 Å². The van der Waals surface area contributed by atoms with Gasteiger partial charge in [-0.25, -0.2) is 0 Å². The Morgan fingerprint density at radius 3 is 1.74 bits per heavy atom. The van der Waals surface area contributed by atoms with Gasteiger partial charge in [-0.1, -0.05) is 91.0 Å². The quantitative estimate of drug-likeness (QED) is 0.180. The second-order valence-corrected chi connectivity index (χ2v) is 11.7. The highest BCUT2D eigenvalue weighted by Gasteiger charge is 2.19. The van der Waals surface area contributed by atoms with E-state index in [0.29, 0.717) is 0 Å². The van der Waals surface area contributed by atoms with Crippen molar-refractivity contribution in [1.29, 1.82) is 0 Å². The van der Waals surface area contributed by atoms with E-state index in [1.54, 1.807) is 0 Å². The normalized spacial score (nSPS) is 11.5. The van der Waals surface area contributed by atoms with Crippen LogP contribution in [0.1, 0.15) is 0 Å². The molecule has 46 heavy (non-hydrogen) atoms. The molecule has 0 atom stereocenters. The number of para-hydroxylation sites is 2. The van der Waals surface area contributed by atoms with Crippen LogP contribution in [0.3, 0.4) is 0 Å². The summed E-state index contributed by atoms with van der Waals surface area (Å²) >= 11 is 0. The fourth-order valence-corrected chi connectivity index (χ4v) is 6.96. The minimum absolute atomic E-state index is 1.11. The molecule has 0 radical (unpaired) electrons. The number of anilines is 3. The second kappa shape index (κ2) is 10.8. The van der Waals surface area contributed by atoms with Crippen LogP contribution >= 0.6 is 0 Å². The number of hydrogen-bond acceptors (Lipinski definition) is 2. The highest BCUT2D eigenvalue weighted by molar-refractivity contribution is 6.26. The molecule has 3 nitrogen and oxygen atoms in total. The van der Waals surface area contributed by atoms with E-state index in [9.17, 15) is 0 Å². The van der Waals surface area contributed by atoms with Gasteiger partial charge < -0.3 is 9.47 Å². The van der Waals surface area contributed by atoms with E-state index in [-0.39, 0.29) is 0 Å². The van der Waals surface area contributed by atoms with E-state index in [4.69, 9.17) is 0 Å². The first-order chi connectivity index (χ1) is 22.8. The van der Waals surface area contributed by atoms with E-state index >= 15 is 0 Å². The van der Waals surface area contributed by atoms with E-state index in [1.807, 2.05) is 24.5 Å². The van der Waals surface area contributed by atoms with Gasteiger partial charge in [-0.15, -0.1) is 0 Å². The molecule has 3 heteroatoms. The third-order valence-electron chi connectivity index (χ3n) is 9.06. The summed E-state index contributed by atoms with van der Waals surface area (Å²) in [5, 5.41) is 5.18. The van der Waals surface area contributed by atoms with Crippen LogP contribution in [0.25, 0.3) is 60.5 Å². The van der Waals surface area contributed by atoms with Gasteiger partial charge in [-0.2, -0.15) is 0 Å². The number of aromatic nitrogens is 2. The lowest BCUT2D eigenvalue weighted by molar-refractivity contribution is 1.18. The monoisotopic (exact) mass is 587 g/mol. The summed E-state index contributed by atoms with van der Waals surface area (Å²) in [5.41, 5.74) is 11.8. The molecule has 0 aliphatic heterocycles. The molecule has 7 aromatic carbocycles. The Labute approximate surface area is 267 Å². The van der Waals surface area contributed by atoms with Crippen molar-refractivity contribution in [3.05, 3.63) is 176 Å². The molecule has 9 rings (SSSR count). The van der Waals surface area contributed by atoms with Gasteiger partial charge in [0.15, 0.2) is 0 Å². The van der Waals surface area contributed by atoms with Crippen molar-refractivity contribution >= 4 is 49.6 Å². The van der Waals surface area contributed by atoms with Crippen molar-refractivity contribution in [3.63, 3.8) is 0 Å². The van der Waals surface area contributed by atoms with Gasteiger partial charge >= 0.3 is 0 Å². The highest BCUT2D eigenvalue weighted by Crippen LogP contribution is 2.43. The summed E-state index contributed by atoms with van der Waals surface area (Å²) < 4.78 is 2.40. The Kier molecular flexibility index (Phi) is 6.14. The molecule has 0 aliphatic carbocycles. The zero-order valence-electron chi connectivity index (χ0n) is 25.1. The number of rotatable bonds is 6. The van der Waals surface area contributed by atoms with Crippen LogP contribution in [0.2, 0.25) is 0 Å². The number of pyridine rings is 1. The topological polar surface area (TPSA) is 21.1 Å². The van der Waals surface area contributed by atoms with E-state index in [0.717, 1.165) is 22.6 Å². The van der Waals surface area contributed by atoms with Gasteiger partial charge in [0, 0.05) is 45.9 Å². The first kappa shape index (κ1) is 26.2. The Balaban J connectivity index is 1.15. The molecule has 0 amide bonds. The van der Waals surface area contributed by atoms with Crippen LogP contribution in [0.15, 0.2) is 176 Å². The van der Waals surface area contributed by atoms with Crippen molar-refractivity contribution < 1.29 is 0 Å². The molecule has 0 unspecified atom stereocenters. The van der Waals surface area contributed by atoms with Gasteiger partial charge in [0.05, 0.1) is 11.0 Å². The van der Waals surface area contributed by atoms with Gasteiger partial charge in [-0.05, 0) is 106 Å². The smallest absolute Gasteiger partial charge is 0.0547 e. The third kappa shape index (κ3) is 4.25. The Morgan fingerprint density at radius 2 is 1.02 bits per heavy atom. The predicted molar refractivity (Wildman–Crippen MR) is 193 cm³/mol. The molecule has 0 spiro atoms. The Hall–Kier alpha value is -6.19. The first-order valence-corrected chi connectivity index (χ1v) is 15.6. The van der Waals surface area contributed by atoms with Crippen LogP contribution in [0.4, 0.5) is 17.1 Å². The Bertz CT molecular complexity index is 2430. The predicted octanol–water partition coefficient (Wildman–Crippen LogP) is 11.6. The fraction of sp³-hybridized carbons (Fsp3) is 0. The maximum Gasteiger partial charge on any atom is 0.0547 e. The van der Waals surface area contributed by atoms with Crippen molar-refractivity contribution in [2.24, 2.45) is 0 Å². The summed E-state index contributed by atoms with van der Waals surface area (Å²) in [7, 11) is 0. The lowest BCUT2D eigenvalue weighted by Crippen LogP contribution is -2.09. The fourth-order valence-electron chi connectivity index (χ4n) is 6.96. The van der Waals surface area contributed by atoms with Crippen LogP contribution in [0.5, 0.6) is 0 Å². The van der Waals surface area contributed by atoms with Crippen LogP contribution in [0, 0.1) is 0 Å². The zero-order valence-corrected chi connectivity index (χ0v) is 25.1. The third-order valence-corrected chi connectivity index (χ3v) is 9.06. The van der Waals surface area contributed by atoms with Crippen molar-refractivity contribution in [1.82, 2.24) is 9.55 Å². The molecule has 0 saturated heterocycles. The van der Waals surface area contributed by atoms with Gasteiger partial charge in [-0.3, -0.25) is 4.98 Å². The number of benzene rings is 7. The first-order valence-electron chi connectivity index (χ1n) is 15.6. The molecule has 216 valence electrons. The largest absolute Gasteiger partial charge is 0.311 e. The lowest BCUT2D eigenvalue weighted by atomic mass is 9.94. The molecule has 9 aromatic rings. The standard InChI is InChI=1S/C43H29N3/c1-3-9-34(10-4-1)45(36-19-14-30(15-20-36)31-26-28-44-29-27-31)37-21-16-32(17-22-37)38-24-25-41-43-39(38)23-18-33-8-7-13-40(42(33)43)46(41)35-11-5-2-6-12-35/h1-29H. The minimum atomic E-state index is 1.11. The summed E-state index contributed by atoms with van der Waals surface area (Å²) in [6.45, 7) is 0. The van der Waals surface area contributed by atoms with Crippen LogP contribution < -0.4 is 4.90 Å². The number of hydrogen-bond donors (Lipinski definition) is 0. The van der Waals surface area contributed by atoms with Crippen LogP contribution in [-0.4, -0.2) is 9.55 Å². The van der Waals surface area contributed by atoms with Crippen molar-refractivity contribution in [2.75, 3.05) is 4.90 Å². The maximum atomic E-state index is 4.17. The zero-order chi connectivity index (χ0) is 30.5.